The number of rotatable bonds is 4. The van der Waals surface area contributed by atoms with Crippen molar-refractivity contribution >= 4 is 33.3 Å². The highest BCUT2D eigenvalue weighted by molar-refractivity contribution is 9.10. The van der Waals surface area contributed by atoms with Crippen LogP contribution in [0.3, 0.4) is 0 Å². The van der Waals surface area contributed by atoms with Crippen LogP contribution >= 0.6 is 15.9 Å². The summed E-state index contributed by atoms with van der Waals surface area (Å²) in [5.41, 5.74) is 0.879. The van der Waals surface area contributed by atoms with E-state index < -0.39 is 11.7 Å². The summed E-state index contributed by atoms with van der Waals surface area (Å²) in [6, 6.07) is 13.5. The standard InChI is InChI=1S/C15H12BrNO3/c1-20-13-7-5-12(6-8-13)17-15(19)14(18)10-3-2-4-11(16)9-10/h2-9H,1H3,(H,17,19). The molecule has 2 aromatic carbocycles. The van der Waals surface area contributed by atoms with Gasteiger partial charge in [-0.1, -0.05) is 28.1 Å². The van der Waals surface area contributed by atoms with Gasteiger partial charge in [-0.3, -0.25) is 9.59 Å². The predicted molar refractivity (Wildman–Crippen MR) is 80.1 cm³/mol. The molecule has 0 unspecified atom stereocenters. The molecule has 0 aliphatic rings. The van der Waals surface area contributed by atoms with Crippen molar-refractivity contribution in [2.75, 3.05) is 12.4 Å². The van der Waals surface area contributed by atoms with E-state index in [0.717, 1.165) is 4.47 Å². The molecule has 1 N–H and O–H groups in total. The van der Waals surface area contributed by atoms with Gasteiger partial charge in [-0.05, 0) is 36.4 Å². The van der Waals surface area contributed by atoms with Gasteiger partial charge in [-0.2, -0.15) is 0 Å². The van der Waals surface area contributed by atoms with Crippen LogP contribution in [0.25, 0.3) is 0 Å². The first kappa shape index (κ1) is 14.3. The van der Waals surface area contributed by atoms with Gasteiger partial charge in [0.2, 0.25) is 0 Å². The monoisotopic (exact) mass is 333 g/mol. The molecule has 102 valence electrons. The van der Waals surface area contributed by atoms with Gasteiger partial charge in [0, 0.05) is 15.7 Å². The van der Waals surface area contributed by atoms with Gasteiger partial charge in [0.05, 0.1) is 7.11 Å². The molecule has 2 aromatic rings. The first-order chi connectivity index (χ1) is 9.60. The molecule has 0 radical (unpaired) electrons. The van der Waals surface area contributed by atoms with E-state index in [1.807, 2.05) is 0 Å². The minimum absolute atomic E-state index is 0.338. The molecule has 0 fully saturated rings. The maximum absolute atomic E-state index is 12.0. The van der Waals surface area contributed by atoms with Gasteiger partial charge in [-0.25, -0.2) is 0 Å². The lowest BCUT2D eigenvalue weighted by Gasteiger charge is -2.06. The number of hydrogen-bond acceptors (Lipinski definition) is 3. The van der Waals surface area contributed by atoms with Crippen molar-refractivity contribution in [3.05, 3.63) is 58.6 Å². The minimum atomic E-state index is -0.673. The lowest BCUT2D eigenvalue weighted by molar-refractivity contribution is -0.112. The van der Waals surface area contributed by atoms with Gasteiger partial charge in [0.15, 0.2) is 0 Å². The van der Waals surface area contributed by atoms with Crippen molar-refractivity contribution < 1.29 is 14.3 Å². The van der Waals surface area contributed by atoms with Crippen LogP contribution in [0.5, 0.6) is 5.75 Å². The molecule has 5 heteroatoms. The number of carbonyl (C=O) groups is 2. The van der Waals surface area contributed by atoms with Gasteiger partial charge >= 0.3 is 0 Å². The van der Waals surface area contributed by atoms with E-state index >= 15 is 0 Å². The van der Waals surface area contributed by atoms with E-state index in [4.69, 9.17) is 4.74 Å². The largest absolute Gasteiger partial charge is 0.497 e. The third-order valence-electron chi connectivity index (χ3n) is 2.64. The van der Waals surface area contributed by atoms with Gasteiger partial charge in [0.1, 0.15) is 5.75 Å². The van der Waals surface area contributed by atoms with E-state index in [1.165, 1.54) is 0 Å². The number of Topliss-reactive ketones (excluding diaryl/α,β-unsaturated/α-hetero) is 1. The SMILES string of the molecule is COc1ccc(NC(=O)C(=O)c2cccc(Br)c2)cc1. The van der Waals surface area contributed by atoms with Gasteiger partial charge in [0.25, 0.3) is 11.7 Å². The summed E-state index contributed by atoms with van der Waals surface area (Å²) in [6.07, 6.45) is 0. The molecule has 1 amide bonds. The average Bonchev–Trinajstić information content (AvgIpc) is 2.47. The first-order valence-corrected chi connectivity index (χ1v) is 6.65. The Bertz CT molecular complexity index is 638. The molecule has 0 aromatic heterocycles. The highest BCUT2D eigenvalue weighted by Gasteiger charge is 2.16. The summed E-state index contributed by atoms with van der Waals surface area (Å²) in [6.45, 7) is 0. The Hall–Kier alpha value is -2.14. The highest BCUT2D eigenvalue weighted by Crippen LogP contribution is 2.16. The first-order valence-electron chi connectivity index (χ1n) is 5.85. The third-order valence-corrected chi connectivity index (χ3v) is 3.13. The lowest BCUT2D eigenvalue weighted by Crippen LogP contribution is -2.22. The molecule has 20 heavy (non-hydrogen) atoms. The van der Waals surface area contributed by atoms with Crippen molar-refractivity contribution in [3.8, 4) is 5.75 Å². The number of nitrogens with one attached hydrogen (secondary N) is 1. The van der Waals surface area contributed by atoms with E-state index in [0.29, 0.717) is 17.0 Å². The van der Waals surface area contributed by atoms with Crippen LogP contribution in [0.4, 0.5) is 5.69 Å². The zero-order valence-corrected chi connectivity index (χ0v) is 12.3. The van der Waals surface area contributed by atoms with Crippen LogP contribution in [0.15, 0.2) is 53.0 Å². The van der Waals surface area contributed by atoms with Crippen molar-refractivity contribution in [1.29, 1.82) is 0 Å². The fourth-order valence-electron chi connectivity index (χ4n) is 1.62. The summed E-state index contributed by atoms with van der Waals surface area (Å²) >= 11 is 3.26. The second kappa shape index (κ2) is 6.34. The average molecular weight is 334 g/mol. The molecule has 0 heterocycles. The summed E-state index contributed by atoms with van der Waals surface area (Å²) in [7, 11) is 1.56. The van der Waals surface area contributed by atoms with Crippen LogP contribution in [0, 0.1) is 0 Å². The smallest absolute Gasteiger partial charge is 0.296 e. The van der Waals surface area contributed by atoms with Gasteiger partial charge in [-0.15, -0.1) is 0 Å². The number of halogens is 1. The Morgan fingerprint density at radius 3 is 2.40 bits per heavy atom. The number of carbonyl (C=O) groups excluding carboxylic acids is 2. The number of anilines is 1. The van der Waals surface area contributed by atoms with Crippen molar-refractivity contribution in [2.24, 2.45) is 0 Å². The quantitative estimate of drug-likeness (QED) is 0.690. The van der Waals surface area contributed by atoms with Crippen LogP contribution in [0.2, 0.25) is 0 Å². The molecule has 4 nitrogen and oxygen atoms in total. The van der Waals surface area contributed by atoms with Crippen LogP contribution in [0.1, 0.15) is 10.4 Å². The molecule has 0 atom stereocenters. The highest BCUT2D eigenvalue weighted by atomic mass is 79.9. The molecule has 0 saturated carbocycles. The Morgan fingerprint density at radius 2 is 1.80 bits per heavy atom. The second-order valence-electron chi connectivity index (χ2n) is 4.02. The van der Waals surface area contributed by atoms with E-state index in [9.17, 15) is 9.59 Å². The zero-order chi connectivity index (χ0) is 14.5. The molecular weight excluding hydrogens is 322 g/mol. The topological polar surface area (TPSA) is 55.4 Å². The molecule has 0 spiro atoms. The summed E-state index contributed by atoms with van der Waals surface area (Å²) < 4.78 is 5.77. The Morgan fingerprint density at radius 1 is 1.10 bits per heavy atom. The van der Waals surface area contributed by atoms with Gasteiger partial charge < -0.3 is 10.1 Å². The summed E-state index contributed by atoms with van der Waals surface area (Å²) in [4.78, 5) is 23.8. The third kappa shape index (κ3) is 3.45. The maximum Gasteiger partial charge on any atom is 0.296 e. The number of benzene rings is 2. The number of amides is 1. The Kier molecular flexibility index (Phi) is 4.53. The molecule has 2 rings (SSSR count). The number of ether oxygens (including phenoxy) is 1. The summed E-state index contributed by atoms with van der Waals surface area (Å²) in [5.74, 6) is -0.572. The Labute approximate surface area is 124 Å². The number of hydrogen-bond donors (Lipinski definition) is 1. The molecule has 0 bridgehead atoms. The predicted octanol–water partition coefficient (Wildman–Crippen LogP) is 3.28. The zero-order valence-electron chi connectivity index (χ0n) is 10.7. The minimum Gasteiger partial charge on any atom is -0.497 e. The number of ketones is 1. The van der Waals surface area contributed by atoms with Crippen LogP contribution in [-0.4, -0.2) is 18.8 Å². The van der Waals surface area contributed by atoms with Crippen molar-refractivity contribution in [2.45, 2.75) is 0 Å². The molecule has 0 aliphatic heterocycles. The maximum atomic E-state index is 12.0. The lowest BCUT2D eigenvalue weighted by atomic mass is 10.1. The Balaban J connectivity index is 2.09. The van der Waals surface area contributed by atoms with Crippen molar-refractivity contribution in [3.63, 3.8) is 0 Å². The van der Waals surface area contributed by atoms with Crippen molar-refractivity contribution in [1.82, 2.24) is 0 Å². The van der Waals surface area contributed by atoms with E-state index in [2.05, 4.69) is 21.2 Å². The fraction of sp³-hybridized carbons (Fsp3) is 0.0667. The molecule has 0 aliphatic carbocycles. The molecular formula is C15H12BrNO3. The van der Waals surface area contributed by atoms with Crippen LogP contribution < -0.4 is 10.1 Å². The second-order valence-corrected chi connectivity index (χ2v) is 4.94. The summed E-state index contributed by atoms with van der Waals surface area (Å²) in [5, 5.41) is 2.55. The molecule has 0 saturated heterocycles. The number of methoxy groups -OCH3 is 1. The van der Waals surface area contributed by atoms with Crippen LogP contribution in [-0.2, 0) is 4.79 Å². The fourth-order valence-corrected chi connectivity index (χ4v) is 2.02. The normalized spacial score (nSPS) is 9.90. The van der Waals surface area contributed by atoms with E-state index in [-0.39, 0.29) is 0 Å². The van der Waals surface area contributed by atoms with E-state index in [1.54, 1.807) is 55.6 Å².